The fraction of sp³-hybridized carbons (Fsp3) is 0.200. The molecule has 2 heterocycles. The van der Waals surface area contributed by atoms with E-state index < -0.39 is 11.6 Å². The van der Waals surface area contributed by atoms with Gasteiger partial charge in [-0.05, 0) is 36.8 Å². The zero-order chi connectivity index (χ0) is 15.0. The van der Waals surface area contributed by atoms with E-state index in [-0.39, 0.29) is 5.38 Å². The summed E-state index contributed by atoms with van der Waals surface area (Å²) in [6, 6.07) is 7.45. The lowest BCUT2D eigenvalue weighted by Gasteiger charge is -2.10. The van der Waals surface area contributed by atoms with Crippen molar-refractivity contribution in [1.82, 2.24) is 14.5 Å². The molecule has 3 nitrogen and oxygen atoms in total. The Hall–Kier alpha value is -2.01. The molecule has 0 fully saturated rings. The molecule has 0 radical (unpaired) electrons. The molecule has 0 aliphatic heterocycles. The summed E-state index contributed by atoms with van der Waals surface area (Å²) in [4.78, 5) is 8.74. The van der Waals surface area contributed by atoms with Crippen molar-refractivity contribution < 1.29 is 8.78 Å². The van der Waals surface area contributed by atoms with Crippen LogP contribution in [0, 0.1) is 11.6 Å². The highest BCUT2D eigenvalue weighted by Crippen LogP contribution is 2.24. The molecule has 0 bridgehead atoms. The highest BCUT2D eigenvalue weighted by molar-refractivity contribution is 6.20. The summed E-state index contributed by atoms with van der Waals surface area (Å²) in [6.45, 7) is 2.14. The van der Waals surface area contributed by atoms with Crippen LogP contribution in [-0.4, -0.2) is 14.5 Å². The topological polar surface area (TPSA) is 30.7 Å². The molecule has 0 saturated heterocycles. The molecule has 0 aliphatic carbocycles. The number of rotatable bonds is 3. The summed E-state index contributed by atoms with van der Waals surface area (Å²) in [5.74, 6) is -1.08. The van der Waals surface area contributed by atoms with Gasteiger partial charge in [0, 0.05) is 6.20 Å². The Morgan fingerprint density at radius 2 is 2.05 bits per heavy atom. The van der Waals surface area contributed by atoms with E-state index in [9.17, 15) is 8.78 Å². The van der Waals surface area contributed by atoms with Crippen molar-refractivity contribution in [1.29, 1.82) is 0 Å². The summed E-state index contributed by atoms with van der Waals surface area (Å²) in [5, 5.41) is -0.315. The second kappa shape index (κ2) is 5.41. The molecule has 108 valence electrons. The molecule has 3 rings (SSSR count). The predicted octanol–water partition coefficient (Wildman–Crippen LogP) is 4.06. The van der Waals surface area contributed by atoms with Crippen molar-refractivity contribution >= 4 is 22.8 Å². The molecule has 1 aromatic carbocycles. The van der Waals surface area contributed by atoms with Crippen molar-refractivity contribution in [2.45, 2.75) is 18.8 Å². The van der Waals surface area contributed by atoms with Crippen LogP contribution in [0.1, 0.15) is 23.7 Å². The van der Waals surface area contributed by atoms with Crippen molar-refractivity contribution in [3.8, 4) is 0 Å². The minimum atomic E-state index is -0.870. The highest BCUT2D eigenvalue weighted by atomic mass is 35.5. The van der Waals surface area contributed by atoms with E-state index >= 15 is 0 Å². The van der Waals surface area contributed by atoms with Gasteiger partial charge >= 0.3 is 0 Å². The van der Waals surface area contributed by atoms with E-state index in [0.717, 1.165) is 11.6 Å². The van der Waals surface area contributed by atoms with Gasteiger partial charge in [-0.2, -0.15) is 0 Å². The van der Waals surface area contributed by atoms with Crippen LogP contribution in [0.5, 0.6) is 0 Å². The minimum Gasteiger partial charge on any atom is -0.307 e. The number of alkyl halides is 1. The molecule has 21 heavy (non-hydrogen) atoms. The third-order valence-corrected chi connectivity index (χ3v) is 3.41. The maximum atomic E-state index is 13.3. The summed E-state index contributed by atoms with van der Waals surface area (Å²) in [5.41, 5.74) is 2.02. The van der Waals surface area contributed by atoms with Crippen molar-refractivity contribution in [2.24, 2.45) is 0 Å². The number of nitrogens with zero attached hydrogens (tertiary/aromatic N) is 3. The monoisotopic (exact) mass is 307 g/mol. The highest BCUT2D eigenvalue weighted by Gasteiger charge is 2.16. The molecular formula is C15H12ClF2N3. The van der Waals surface area contributed by atoms with Crippen LogP contribution in [0.4, 0.5) is 8.78 Å². The van der Waals surface area contributed by atoms with E-state index in [1.807, 2.05) is 17.6 Å². The first-order valence-corrected chi connectivity index (χ1v) is 6.89. The molecule has 1 unspecified atom stereocenters. The van der Waals surface area contributed by atoms with Gasteiger partial charge in [-0.3, -0.25) is 0 Å². The molecule has 2 aromatic heterocycles. The first-order chi connectivity index (χ1) is 10.1. The Morgan fingerprint density at radius 3 is 2.76 bits per heavy atom. The molecule has 0 saturated carbocycles. The summed E-state index contributed by atoms with van der Waals surface area (Å²) in [7, 11) is 0. The van der Waals surface area contributed by atoms with Crippen LogP contribution in [0.15, 0.2) is 36.5 Å². The van der Waals surface area contributed by atoms with Crippen molar-refractivity contribution in [3.63, 3.8) is 0 Å². The second-order valence-corrected chi connectivity index (χ2v) is 5.42. The van der Waals surface area contributed by atoms with Gasteiger partial charge in [0.2, 0.25) is 0 Å². The maximum absolute atomic E-state index is 13.3. The van der Waals surface area contributed by atoms with E-state index in [1.54, 1.807) is 12.3 Å². The van der Waals surface area contributed by atoms with Crippen LogP contribution in [-0.2, 0) is 6.54 Å². The number of pyridine rings is 1. The van der Waals surface area contributed by atoms with Crippen LogP contribution in [0.3, 0.4) is 0 Å². The number of hydrogen-bond donors (Lipinski definition) is 0. The molecule has 0 spiro atoms. The average molecular weight is 308 g/mol. The number of fused-ring (bicyclic) bond motifs is 1. The van der Waals surface area contributed by atoms with Crippen LogP contribution in [0.25, 0.3) is 11.2 Å². The van der Waals surface area contributed by atoms with Gasteiger partial charge in [-0.15, -0.1) is 11.6 Å². The van der Waals surface area contributed by atoms with Gasteiger partial charge in [-0.1, -0.05) is 6.07 Å². The van der Waals surface area contributed by atoms with E-state index in [1.165, 1.54) is 12.1 Å². The Kier molecular flexibility index (Phi) is 3.59. The first-order valence-electron chi connectivity index (χ1n) is 6.45. The molecule has 0 N–H and O–H groups in total. The van der Waals surface area contributed by atoms with Crippen LogP contribution >= 0.6 is 11.6 Å². The first kappa shape index (κ1) is 13.9. The third-order valence-electron chi connectivity index (χ3n) is 3.21. The summed E-state index contributed by atoms with van der Waals surface area (Å²) >= 11 is 6.16. The predicted molar refractivity (Wildman–Crippen MR) is 77.3 cm³/mol. The van der Waals surface area contributed by atoms with E-state index in [4.69, 9.17) is 11.6 Å². The lowest BCUT2D eigenvalue weighted by molar-refractivity contribution is 0.506. The van der Waals surface area contributed by atoms with Crippen LogP contribution < -0.4 is 0 Å². The number of halogens is 3. The number of aromatic nitrogens is 3. The Balaban J connectivity index is 2.10. The number of benzene rings is 1. The normalized spacial score (nSPS) is 12.8. The smallest absolute Gasteiger partial charge is 0.160 e. The zero-order valence-electron chi connectivity index (χ0n) is 11.2. The SMILES string of the molecule is CC(Cl)c1nc2cccnc2n1Cc1ccc(F)c(F)c1. The number of imidazole rings is 1. The van der Waals surface area contributed by atoms with Gasteiger partial charge in [0.15, 0.2) is 17.3 Å². The van der Waals surface area contributed by atoms with Gasteiger partial charge in [-0.25, -0.2) is 18.7 Å². The van der Waals surface area contributed by atoms with E-state index in [0.29, 0.717) is 23.6 Å². The number of hydrogen-bond acceptors (Lipinski definition) is 2. The molecule has 6 heteroatoms. The molecule has 0 aliphatic rings. The summed E-state index contributed by atoms with van der Waals surface area (Å²) < 4.78 is 28.2. The molecule has 0 amide bonds. The summed E-state index contributed by atoms with van der Waals surface area (Å²) in [6.07, 6.45) is 1.66. The van der Waals surface area contributed by atoms with Gasteiger partial charge in [0.05, 0.1) is 11.9 Å². The van der Waals surface area contributed by atoms with Gasteiger partial charge < -0.3 is 4.57 Å². The minimum absolute atomic E-state index is 0.315. The third kappa shape index (κ3) is 2.61. The maximum Gasteiger partial charge on any atom is 0.160 e. The van der Waals surface area contributed by atoms with Crippen molar-refractivity contribution in [3.05, 3.63) is 59.6 Å². The molecule has 1 atom stereocenters. The van der Waals surface area contributed by atoms with Crippen LogP contribution in [0.2, 0.25) is 0 Å². The largest absolute Gasteiger partial charge is 0.307 e. The fourth-order valence-electron chi connectivity index (χ4n) is 2.26. The van der Waals surface area contributed by atoms with Crippen molar-refractivity contribution in [2.75, 3.05) is 0 Å². The Morgan fingerprint density at radius 1 is 1.24 bits per heavy atom. The lowest BCUT2D eigenvalue weighted by atomic mass is 10.2. The average Bonchev–Trinajstić information content (AvgIpc) is 2.82. The Bertz CT molecular complexity index is 799. The lowest BCUT2D eigenvalue weighted by Crippen LogP contribution is -2.07. The fourth-order valence-corrected chi connectivity index (χ4v) is 2.42. The molecular weight excluding hydrogens is 296 g/mol. The Labute approximate surface area is 125 Å². The van der Waals surface area contributed by atoms with Gasteiger partial charge in [0.1, 0.15) is 11.3 Å². The van der Waals surface area contributed by atoms with E-state index in [2.05, 4.69) is 9.97 Å². The standard InChI is InChI=1S/C15H12ClF2N3/c1-9(16)14-20-13-3-2-6-19-15(13)21(14)8-10-4-5-11(17)12(18)7-10/h2-7,9H,8H2,1H3. The quantitative estimate of drug-likeness (QED) is 0.683. The molecule has 3 aromatic rings. The van der Waals surface area contributed by atoms with Gasteiger partial charge in [0.25, 0.3) is 0 Å². The second-order valence-electron chi connectivity index (χ2n) is 4.77. The zero-order valence-corrected chi connectivity index (χ0v) is 12.0.